The number of aromatic amines is 1. The SMILES string of the molecule is CCc1ccc2[nH]c(=O)c([C@H](c3nnnn3C(C)(C)C)N3CCN(Cc4ccc5c(c4)OCO5)CC3)cc2c1. The van der Waals surface area contributed by atoms with Crippen molar-refractivity contribution in [2.75, 3.05) is 33.0 Å². The smallest absolute Gasteiger partial charge is 0.253 e. The van der Waals surface area contributed by atoms with Gasteiger partial charge in [-0.3, -0.25) is 14.6 Å². The van der Waals surface area contributed by atoms with Crippen LogP contribution in [0.2, 0.25) is 0 Å². The quantitative estimate of drug-likeness (QED) is 0.405. The largest absolute Gasteiger partial charge is 0.454 e. The molecule has 4 heterocycles. The lowest BCUT2D eigenvalue weighted by atomic mass is 10.00. The number of ether oxygens (including phenoxy) is 2. The van der Waals surface area contributed by atoms with Crippen molar-refractivity contribution in [1.29, 1.82) is 0 Å². The number of pyridine rings is 1. The molecule has 0 unspecified atom stereocenters. The van der Waals surface area contributed by atoms with Crippen LogP contribution in [0.5, 0.6) is 11.5 Å². The van der Waals surface area contributed by atoms with Gasteiger partial charge in [0.2, 0.25) is 6.79 Å². The van der Waals surface area contributed by atoms with Crippen LogP contribution in [0, 0.1) is 0 Å². The zero-order chi connectivity index (χ0) is 27.1. The maximum absolute atomic E-state index is 13.5. The van der Waals surface area contributed by atoms with E-state index >= 15 is 0 Å². The van der Waals surface area contributed by atoms with E-state index in [1.54, 1.807) is 0 Å². The number of hydrogen-bond donors (Lipinski definition) is 1. The molecule has 1 saturated heterocycles. The Morgan fingerprint density at radius 3 is 2.51 bits per heavy atom. The van der Waals surface area contributed by atoms with E-state index in [1.165, 1.54) is 11.1 Å². The highest BCUT2D eigenvalue weighted by molar-refractivity contribution is 5.80. The molecule has 2 aromatic heterocycles. The Morgan fingerprint density at radius 1 is 0.974 bits per heavy atom. The minimum atomic E-state index is -0.370. The average molecular weight is 530 g/mol. The van der Waals surface area contributed by atoms with Crippen LogP contribution >= 0.6 is 0 Å². The molecule has 2 aliphatic heterocycles. The summed E-state index contributed by atoms with van der Waals surface area (Å²) in [6.07, 6.45) is 0.932. The molecule has 0 bridgehead atoms. The molecule has 2 aliphatic rings. The van der Waals surface area contributed by atoms with Gasteiger partial charge in [0.1, 0.15) is 6.04 Å². The molecular formula is C29H35N7O3. The van der Waals surface area contributed by atoms with Crippen LogP contribution in [0.4, 0.5) is 0 Å². The summed E-state index contributed by atoms with van der Waals surface area (Å²) >= 11 is 0. The van der Waals surface area contributed by atoms with Gasteiger partial charge in [0.15, 0.2) is 17.3 Å². The van der Waals surface area contributed by atoms with Crippen LogP contribution in [-0.4, -0.2) is 68.0 Å². The first-order chi connectivity index (χ1) is 18.8. The Morgan fingerprint density at radius 2 is 1.74 bits per heavy atom. The highest BCUT2D eigenvalue weighted by Crippen LogP contribution is 2.34. The number of nitrogens with one attached hydrogen (secondary N) is 1. The van der Waals surface area contributed by atoms with Crippen LogP contribution < -0.4 is 15.0 Å². The molecule has 6 rings (SSSR count). The fourth-order valence-corrected chi connectivity index (χ4v) is 5.51. The maximum Gasteiger partial charge on any atom is 0.253 e. The second-order valence-corrected chi connectivity index (χ2v) is 11.4. The first-order valence-electron chi connectivity index (χ1n) is 13.6. The monoisotopic (exact) mass is 529 g/mol. The van der Waals surface area contributed by atoms with Gasteiger partial charge >= 0.3 is 0 Å². The highest BCUT2D eigenvalue weighted by Gasteiger charge is 2.35. The lowest BCUT2D eigenvalue weighted by Crippen LogP contribution is -2.49. The molecule has 0 spiro atoms. The van der Waals surface area contributed by atoms with Gasteiger partial charge in [-0.2, -0.15) is 0 Å². The molecule has 0 saturated carbocycles. The number of aromatic nitrogens is 5. The van der Waals surface area contributed by atoms with Crippen LogP contribution in [0.25, 0.3) is 10.9 Å². The minimum absolute atomic E-state index is 0.108. The normalized spacial score (nSPS) is 17.1. The van der Waals surface area contributed by atoms with Crippen molar-refractivity contribution in [2.24, 2.45) is 0 Å². The summed E-state index contributed by atoms with van der Waals surface area (Å²) in [5.74, 6) is 2.29. The first-order valence-corrected chi connectivity index (χ1v) is 13.6. The summed E-state index contributed by atoms with van der Waals surface area (Å²) in [6.45, 7) is 12.7. The zero-order valence-electron chi connectivity index (χ0n) is 23.0. The van der Waals surface area contributed by atoms with Crippen molar-refractivity contribution in [3.8, 4) is 11.5 Å². The molecule has 1 atom stereocenters. The molecule has 2 aromatic carbocycles. The van der Waals surface area contributed by atoms with Gasteiger partial charge in [-0.1, -0.05) is 19.1 Å². The van der Waals surface area contributed by atoms with E-state index in [0.29, 0.717) is 11.4 Å². The van der Waals surface area contributed by atoms with Gasteiger partial charge in [-0.25, -0.2) is 4.68 Å². The number of rotatable bonds is 6. The second kappa shape index (κ2) is 10.1. The lowest BCUT2D eigenvalue weighted by Gasteiger charge is -2.39. The van der Waals surface area contributed by atoms with Crippen molar-refractivity contribution in [3.05, 3.63) is 75.3 Å². The van der Waals surface area contributed by atoms with Gasteiger partial charge in [-0.05, 0) is 84.5 Å². The van der Waals surface area contributed by atoms with E-state index in [0.717, 1.165) is 61.5 Å². The van der Waals surface area contributed by atoms with Crippen molar-refractivity contribution in [1.82, 2.24) is 35.0 Å². The molecule has 0 amide bonds. The minimum Gasteiger partial charge on any atom is -0.454 e. The first kappa shape index (κ1) is 25.5. The van der Waals surface area contributed by atoms with Crippen molar-refractivity contribution < 1.29 is 9.47 Å². The summed E-state index contributed by atoms with van der Waals surface area (Å²) in [5.41, 5.74) is 3.48. The molecule has 39 heavy (non-hydrogen) atoms. The van der Waals surface area contributed by atoms with E-state index in [2.05, 4.69) is 82.3 Å². The van der Waals surface area contributed by atoms with E-state index < -0.39 is 0 Å². The van der Waals surface area contributed by atoms with Gasteiger partial charge in [0, 0.05) is 43.8 Å². The summed E-state index contributed by atoms with van der Waals surface area (Å²) in [6, 6.07) is 14.0. The number of tetrazole rings is 1. The zero-order valence-corrected chi connectivity index (χ0v) is 23.0. The summed E-state index contributed by atoms with van der Waals surface area (Å²) in [4.78, 5) is 21.4. The highest BCUT2D eigenvalue weighted by atomic mass is 16.7. The molecule has 0 radical (unpaired) electrons. The van der Waals surface area contributed by atoms with Crippen LogP contribution in [-0.2, 0) is 18.5 Å². The third-order valence-electron chi connectivity index (χ3n) is 7.63. The Balaban J connectivity index is 1.31. The fourth-order valence-electron chi connectivity index (χ4n) is 5.51. The lowest BCUT2D eigenvalue weighted by molar-refractivity contribution is 0.0975. The van der Waals surface area contributed by atoms with Crippen molar-refractivity contribution in [3.63, 3.8) is 0 Å². The molecule has 10 heteroatoms. The van der Waals surface area contributed by atoms with E-state index in [9.17, 15) is 4.79 Å². The number of benzene rings is 2. The van der Waals surface area contributed by atoms with E-state index in [4.69, 9.17) is 9.47 Å². The molecular weight excluding hydrogens is 494 g/mol. The summed E-state index contributed by atoms with van der Waals surface area (Å²) in [7, 11) is 0. The molecule has 1 fully saturated rings. The van der Waals surface area contributed by atoms with E-state index in [-0.39, 0.29) is 23.9 Å². The predicted molar refractivity (Wildman–Crippen MR) is 148 cm³/mol. The second-order valence-electron chi connectivity index (χ2n) is 11.4. The van der Waals surface area contributed by atoms with Crippen molar-refractivity contribution in [2.45, 2.75) is 52.2 Å². The number of piperazine rings is 1. The number of fused-ring (bicyclic) bond motifs is 2. The fraction of sp³-hybridized carbons (Fsp3) is 0.448. The third-order valence-corrected chi connectivity index (χ3v) is 7.63. The Bertz CT molecular complexity index is 1550. The van der Waals surface area contributed by atoms with Crippen molar-refractivity contribution >= 4 is 10.9 Å². The number of nitrogens with zero attached hydrogens (tertiary/aromatic N) is 6. The molecule has 0 aliphatic carbocycles. The Kier molecular flexibility index (Phi) is 6.60. The van der Waals surface area contributed by atoms with E-state index in [1.807, 2.05) is 22.9 Å². The number of hydrogen-bond acceptors (Lipinski definition) is 8. The van der Waals surface area contributed by atoms with Crippen LogP contribution in [0.15, 0.2) is 47.3 Å². The maximum atomic E-state index is 13.5. The van der Waals surface area contributed by atoms with Gasteiger partial charge in [0.25, 0.3) is 5.56 Å². The van der Waals surface area contributed by atoms with Gasteiger partial charge in [-0.15, -0.1) is 5.10 Å². The molecule has 10 nitrogen and oxygen atoms in total. The number of H-pyrrole nitrogens is 1. The van der Waals surface area contributed by atoms with Gasteiger partial charge < -0.3 is 14.5 Å². The molecule has 4 aromatic rings. The standard InChI is InChI=1S/C29H35N7O3/c1-5-19-6-8-23-21(14-19)16-22(28(37)30-23)26(27-31-32-33-36(27)29(2,3)4)35-12-10-34(11-13-35)17-20-7-9-24-25(15-20)39-18-38-24/h6-9,14-16,26H,5,10-13,17-18H2,1-4H3,(H,30,37)/t26-/m1/s1. The Hall–Kier alpha value is -3.76. The third kappa shape index (κ3) is 5.02. The average Bonchev–Trinajstić information content (AvgIpc) is 3.60. The van der Waals surface area contributed by atoms with Gasteiger partial charge in [0.05, 0.1) is 5.54 Å². The summed E-state index contributed by atoms with van der Waals surface area (Å²) in [5, 5.41) is 13.9. The summed E-state index contributed by atoms with van der Waals surface area (Å²) < 4.78 is 12.9. The topological polar surface area (TPSA) is 101 Å². The number of aryl methyl sites for hydroxylation is 1. The predicted octanol–water partition coefficient (Wildman–Crippen LogP) is 3.47. The molecule has 204 valence electrons. The van der Waals surface area contributed by atoms with Crippen LogP contribution in [0.1, 0.15) is 56.3 Å². The van der Waals surface area contributed by atoms with Crippen LogP contribution in [0.3, 0.4) is 0 Å². The Labute approximate surface area is 227 Å². The molecule has 1 N–H and O–H groups in total.